The molecular formula is C15H20ClN. The number of nitrogens with one attached hydrogen (secondary N) is 1. The zero-order chi connectivity index (χ0) is 11.8. The van der Waals surface area contributed by atoms with Crippen molar-refractivity contribution in [2.45, 2.75) is 32.6 Å². The second kappa shape index (κ2) is 4.53. The molecule has 2 saturated carbocycles. The number of hydrogen-bond donors (Lipinski definition) is 1. The van der Waals surface area contributed by atoms with Crippen LogP contribution < -0.4 is 5.32 Å². The molecule has 0 amide bonds. The van der Waals surface area contributed by atoms with Crippen LogP contribution in [0.4, 0.5) is 5.69 Å². The van der Waals surface area contributed by atoms with Crippen LogP contribution in [-0.4, -0.2) is 6.54 Å². The van der Waals surface area contributed by atoms with Crippen molar-refractivity contribution in [1.82, 2.24) is 0 Å². The molecule has 0 heterocycles. The molecule has 0 saturated heterocycles. The molecule has 0 radical (unpaired) electrons. The Morgan fingerprint density at radius 1 is 1.29 bits per heavy atom. The van der Waals surface area contributed by atoms with Crippen molar-refractivity contribution in [3.8, 4) is 0 Å². The van der Waals surface area contributed by atoms with Gasteiger partial charge in [0.1, 0.15) is 0 Å². The van der Waals surface area contributed by atoms with Gasteiger partial charge in [-0.2, -0.15) is 0 Å². The Morgan fingerprint density at radius 3 is 2.82 bits per heavy atom. The Bertz CT molecular complexity index is 415. The Labute approximate surface area is 109 Å². The van der Waals surface area contributed by atoms with Crippen molar-refractivity contribution in [2.75, 3.05) is 11.9 Å². The predicted octanol–water partition coefficient (Wildman–Crippen LogP) is 4.50. The molecule has 3 rings (SSSR count). The van der Waals surface area contributed by atoms with Crippen LogP contribution in [0, 0.1) is 24.7 Å². The molecule has 1 aromatic rings. The summed E-state index contributed by atoms with van der Waals surface area (Å²) in [7, 11) is 0. The second-order valence-corrected chi connectivity index (χ2v) is 6.21. The SMILES string of the molecule is Cc1ccc(NCC2CC3CCC2C3)c(Cl)c1. The zero-order valence-electron chi connectivity index (χ0n) is 10.4. The van der Waals surface area contributed by atoms with E-state index >= 15 is 0 Å². The summed E-state index contributed by atoms with van der Waals surface area (Å²) in [6.45, 7) is 3.18. The van der Waals surface area contributed by atoms with E-state index in [0.29, 0.717) is 0 Å². The van der Waals surface area contributed by atoms with Crippen molar-refractivity contribution in [1.29, 1.82) is 0 Å². The van der Waals surface area contributed by atoms with E-state index in [1.165, 1.54) is 31.2 Å². The molecule has 3 atom stereocenters. The Hall–Kier alpha value is -0.690. The number of fused-ring (bicyclic) bond motifs is 2. The number of halogens is 1. The maximum absolute atomic E-state index is 6.23. The zero-order valence-corrected chi connectivity index (χ0v) is 11.1. The van der Waals surface area contributed by atoms with Gasteiger partial charge in [0.05, 0.1) is 10.7 Å². The lowest BCUT2D eigenvalue weighted by molar-refractivity contribution is 0.348. The third-order valence-corrected chi connectivity index (χ3v) is 4.88. The Kier molecular flexibility index (Phi) is 3.04. The summed E-state index contributed by atoms with van der Waals surface area (Å²) in [5.41, 5.74) is 2.32. The van der Waals surface area contributed by atoms with Gasteiger partial charge in [-0.15, -0.1) is 0 Å². The smallest absolute Gasteiger partial charge is 0.0640 e. The lowest BCUT2D eigenvalue weighted by Crippen LogP contribution is -2.20. The molecule has 17 heavy (non-hydrogen) atoms. The van der Waals surface area contributed by atoms with E-state index in [0.717, 1.165) is 35.0 Å². The van der Waals surface area contributed by atoms with E-state index in [2.05, 4.69) is 24.4 Å². The van der Waals surface area contributed by atoms with Crippen LogP contribution in [0.15, 0.2) is 18.2 Å². The molecule has 2 aliphatic carbocycles. The molecule has 0 spiro atoms. The van der Waals surface area contributed by atoms with Crippen molar-refractivity contribution in [3.63, 3.8) is 0 Å². The first-order chi connectivity index (χ1) is 8.22. The number of rotatable bonds is 3. The highest BCUT2D eigenvalue weighted by Crippen LogP contribution is 2.48. The summed E-state index contributed by atoms with van der Waals surface area (Å²) in [6, 6.07) is 6.25. The minimum absolute atomic E-state index is 0.855. The summed E-state index contributed by atoms with van der Waals surface area (Å²) in [6.07, 6.45) is 5.85. The Morgan fingerprint density at radius 2 is 2.18 bits per heavy atom. The van der Waals surface area contributed by atoms with Gasteiger partial charge in [-0.25, -0.2) is 0 Å². The van der Waals surface area contributed by atoms with Crippen LogP contribution in [0.1, 0.15) is 31.2 Å². The lowest BCUT2D eigenvalue weighted by Gasteiger charge is -2.22. The molecule has 0 aromatic heterocycles. The molecule has 3 unspecified atom stereocenters. The van der Waals surface area contributed by atoms with Gasteiger partial charge in [-0.3, -0.25) is 0 Å². The first-order valence-corrected chi connectivity index (χ1v) is 7.10. The summed E-state index contributed by atoms with van der Waals surface area (Å²) < 4.78 is 0. The average Bonchev–Trinajstić information content (AvgIpc) is 2.89. The molecule has 92 valence electrons. The van der Waals surface area contributed by atoms with Crippen LogP contribution >= 0.6 is 11.6 Å². The van der Waals surface area contributed by atoms with E-state index in [1.807, 2.05) is 6.07 Å². The van der Waals surface area contributed by atoms with Crippen LogP contribution in [0.2, 0.25) is 5.02 Å². The van der Waals surface area contributed by atoms with Gasteiger partial charge in [0.15, 0.2) is 0 Å². The maximum atomic E-state index is 6.23. The molecule has 2 heteroatoms. The van der Waals surface area contributed by atoms with Crippen molar-refractivity contribution in [3.05, 3.63) is 28.8 Å². The molecular weight excluding hydrogens is 230 g/mol. The van der Waals surface area contributed by atoms with Crippen molar-refractivity contribution >= 4 is 17.3 Å². The van der Waals surface area contributed by atoms with Gasteiger partial charge >= 0.3 is 0 Å². The van der Waals surface area contributed by atoms with E-state index in [4.69, 9.17) is 11.6 Å². The number of hydrogen-bond acceptors (Lipinski definition) is 1. The van der Waals surface area contributed by atoms with Crippen LogP contribution in [-0.2, 0) is 0 Å². The highest BCUT2D eigenvalue weighted by molar-refractivity contribution is 6.33. The van der Waals surface area contributed by atoms with Crippen molar-refractivity contribution < 1.29 is 0 Å². The first-order valence-electron chi connectivity index (χ1n) is 6.72. The third kappa shape index (κ3) is 2.30. The standard InChI is InChI=1S/C15H20ClN/c1-10-2-5-15(14(16)6-10)17-9-13-8-11-3-4-12(13)7-11/h2,5-6,11-13,17H,3-4,7-9H2,1H3. The average molecular weight is 250 g/mol. The number of anilines is 1. The van der Waals surface area contributed by atoms with Gasteiger partial charge in [0.2, 0.25) is 0 Å². The van der Waals surface area contributed by atoms with Crippen molar-refractivity contribution in [2.24, 2.45) is 17.8 Å². The quantitative estimate of drug-likeness (QED) is 0.832. The van der Waals surface area contributed by atoms with Crippen LogP contribution in [0.5, 0.6) is 0 Å². The minimum Gasteiger partial charge on any atom is -0.384 e. The highest BCUT2D eigenvalue weighted by Gasteiger charge is 2.39. The summed E-state index contributed by atoms with van der Waals surface area (Å²) in [5, 5.41) is 4.39. The highest BCUT2D eigenvalue weighted by atomic mass is 35.5. The molecule has 2 aliphatic rings. The topological polar surface area (TPSA) is 12.0 Å². The predicted molar refractivity (Wildman–Crippen MR) is 73.6 cm³/mol. The van der Waals surface area contributed by atoms with Gasteiger partial charge < -0.3 is 5.32 Å². The monoisotopic (exact) mass is 249 g/mol. The Balaban J connectivity index is 1.60. The largest absolute Gasteiger partial charge is 0.384 e. The van der Waals surface area contributed by atoms with Crippen LogP contribution in [0.25, 0.3) is 0 Å². The lowest BCUT2D eigenvalue weighted by atomic mass is 9.89. The van der Waals surface area contributed by atoms with E-state index < -0.39 is 0 Å². The summed E-state index contributed by atoms with van der Waals surface area (Å²) in [5.74, 6) is 2.89. The maximum Gasteiger partial charge on any atom is 0.0640 e. The molecule has 2 bridgehead atoms. The molecule has 1 nitrogen and oxygen atoms in total. The van der Waals surface area contributed by atoms with E-state index in [9.17, 15) is 0 Å². The second-order valence-electron chi connectivity index (χ2n) is 5.80. The first kappa shape index (κ1) is 11.4. The normalized spacial score (nSPS) is 30.8. The summed E-state index contributed by atoms with van der Waals surface area (Å²) in [4.78, 5) is 0. The fourth-order valence-electron chi connectivity index (χ4n) is 3.63. The van der Waals surface area contributed by atoms with Crippen LogP contribution in [0.3, 0.4) is 0 Å². The fourth-order valence-corrected chi connectivity index (χ4v) is 3.93. The van der Waals surface area contributed by atoms with E-state index in [-0.39, 0.29) is 0 Å². The number of aryl methyl sites for hydroxylation is 1. The third-order valence-electron chi connectivity index (χ3n) is 4.56. The number of benzene rings is 1. The molecule has 1 aromatic carbocycles. The molecule has 1 N–H and O–H groups in total. The van der Waals surface area contributed by atoms with E-state index in [1.54, 1.807) is 0 Å². The van der Waals surface area contributed by atoms with Gasteiger partial charge in [0, 0.05) is 6.54 Å². The minimum atomic E-state index is 0.855. The van der Waals surface area contributed by atoms with Gasteiger partial charge in [0.25, 0.3) is 0 Å². The summed E-state index contributed by atoms with van der Waals surface area (Å²) >= 11 is 6.23. The van der Waals surface area contributed by atoms with Gasteiger partial charge in [-0.1, -0.05) is 24.1 Å². The molecule has 2 fully saturated rings. The van der Waals surface area contributed by atoms with Gasteiger partial charge in [-0.05, 0) is 61.6 Å². The fraction of sp³-hybridized carbons (Fsp3) is 0.600. The molecule has 0 aliphatic heterocycles.